The van der Waals surface area contributed by atoms with Gasteiger partial charge in [-0.15, -0.1) is 0 Å². The van der Waals surface area contributed by atoms with Crippen molar-refractivity contribution in [2.24, 2.45) is 0 Å². The fraction of sp³-hybridized carbons (Fsp3) is 0.692. The number of rotatable bonds is 6. The topological polar surface area (TPSA) is 62.2 Å². The fourth-order valence-electron chi connectivity index (χ4n) is 2.00. The molecule has 2 rings (SSSR count). The number of aromatic nitrogens is 2. The summed E-state index contributed by atoms with van der Waals surface area (Å²) < 4.78 is 1.78. The maximum absolute atomic E-state index is 11.7. The van der Waals surface area contributed by atoms with E-state index < -0.39 is 0 Å². The molecule has 1 aliphatic rings. The average molecular weight is 265 g/mol. The van der Waals surface area contributed by atoms with Crippen molar-refractivity contribution in [2.75, 3.05) is 18.9 Å². The van der Waals surface area contributed by atoms with Crippen molar-refractivity contribution in [1.29, 1.82) is 0 Å². The normalized spacial score (nSPS) is 16.4. The van der Waals surface area contributed by atoms with Gasteiger partial charge in [-0.2, -0.15) is 5.10 Å². The third-order valence-electron chi connectivity index (χ3n) is 3.59. The lowest BCUT2D eigenvalue weighted by Gasteiger charge is -2.24. The van der Waals surface area contributed by atoms with Gasteiger partial charge in [-0.05, 0) is 33.7 Å². The molecular weight excluding hydrogens is 242 g/mol. The Kier molecular flexibility index (Phi) is 4.42. The van der Waals surface area contributed by atoms with Crippen LogP contribution in [0.5, 0.6) is 0 Å². The molecule has 2 N–H and O–H groups in total. The minimum Gasteiger partial charge on any atom is -0.336 e. The van der Waals surface area contributed by atoms with Crippen LogP contribution in [-0.4, -0.2) is 46.4 Å². The minimum absolute atomic E-state index is 0.174. The molecule has 1 aliphatic carbocycles. The number of aryl methyl sites for hydroxylation is 1. The van der Waals surface area contributed by atoms with E-state index in [0.29, 0.717) is 18.6 Å². The number of amides is 2. The van der Waals surface area contributed by atoms with Gasteiger partial charge >= 0.3 is 6.03 Å². The largest absolute Gasteiger partial charge is 0.336 e. The summed E-state index contributed by atoms with van der Waals surface area (Å²) in [5.41, 5.74) is 0.725. The van der Waals surface area contributed by atoms with Gasteiger partial charge in [-0.25, -0.2) is 4.79 Å². The number of likely N-dealkylation sites (N-methyl/N-ethyl adjacent to an activating group) is 1. The van der Waals surface area contributed by atoms with Crippen LogP contribution in [-0.2, 0) is 6.54 Å². The van der Waals surface area contributed by atoms with Crippen molar-refractivity contribution in [3.8, 4) is 0 Å². The van der Waals surface area contributed by atoms with Gasteiger partial charge in [0.25, 0.3) is 0 Å². The van der Waals surface area contributed by atoms with E-state index in [2.05, 4.69) is 34.6 Å². The monoisotopic (exact) mass is 265 g/mol. The van der Waals surface area contributed by atoms with E-state index in [1.54, 1.807) is 10.9 Å². The first-order valence-corrected chi connectivity index (χ1v) is 6.89. The van der Waals surface area contributed by atoms with Crippen LogP contribution in [0.15, 0.2) is 12.4 Å². The Morgan fingerprint density at radius 3 is 2.95 bits per heavy atom. The number of urea groups is 1. The molecule has 2 amide bonds. The van der Waals surface area contributed by atoms with Crippen LogP contribution in [0.2, 0.25) is 0 Å². The smallest absolute Gasteiger partial charge is 0.319 e. The van der Waals surface area contributed by atoms with Crippen molar-refractivity contribution in [3.05, 3.63) is 12.4 Å². The van der Waals surface area contributed by atoms with Gasteiger partial charge < -0.3 is 10.6 Å². The molecule has 1 fully saturated rings. The zero-order valence-electron chi connectivity index (χ0n) is 11.9. The molecule has 0 spiro atoms. The van der Waals surface area contributed by atoms with E-state index in [1.807, 2.05) is 13.1 Å². The number of nitrogens with one attached hydrogen (secondary N) is 2. The Hall–Kier alpha value is -1.56. The van der Waals surface area contributed by atoms with E-state index in [-0.39, 0.29) is 6.03 Å². The zero-order valence-corrected chi connectivity index (χ0v) is 11.9. The van der Waals surface area contributed by atoms with Gasteiger partial charge in [0.15, 0.2) is 0 Å². The van der Waals surface area contributed by atoms with Gasteiger partial charge in [0.1, 0.15) is 0 Å². The third kappa shape index (κ3) is 3.96. The zero-order chi connectivity index (χ0) is 13.8. The van der Waals surface area contributed by atoms with E-state index in [4.69, 9.17) is 0 Å². The molecule has 0 unspecified atom stereocenters. The average Bonchev–Trinajstić information content (AvgIpc) is 3.16. The maximum atomic E-state index is 11.7. The van der Waals surface area contributed by atoms with Gasteiger partial charge in [-0.1, -0.05) is 0 Å². The van der Waals surface area contributed by atoms with Crippen LogP contribution in [0.1, 0.15) is 26.7 Å². The highest BCUT2D eigenvalue weighted by atomic mass is 16.2. The second kappa shape index (κ2) is 6.06. The fourth-order valence-corrected chi connectivity index (χ4v) is 2.00. The lowest BCUT2D eigenvalue weighted by molar-refractivity contribution is 0.229. The van der Waals surface area contributed by atoms with Crippen molar-refractivity contribution < 1.29 is 4.79 Å². The lowest BCUT2D eigenvalue weighted by Crippen LogP contribution is -2.42. The molecular formula is C13H23N5O. The van der Waals surface area contributed by atoms with Gasteiger partial charge in [0, 0.05) is 31.4 Å². The molecule has 19 heavy (non-hydrogen) atoms. The highest BCUT2D eigenvalue weighted by molar-refractivity contribution is 5.88. The van der Waals surface area contributed by atoms with Crippen LogP contribution < -0.4 is 10.6 Å². The number of anilines is 1. The summed E-state index contributed by atoms with van der Waals surface area (Å²) in [5, 5.41) is 9.79. The molecule has 1 aromatic heterocycles. The highest BCUT2D eigenvalue weighted by Gasteiger charge is 2.29. The van der Waals surface area contributed by atoms with Crippen LogP contribution in [0.3, 0.4) is 0 Å². The Bertz CT molecular complexity index is 426. The Labute approximate surface area is 114 Å². The van der Waals surface area contributed by atoms with E-state index >= 15 is 0 Å². The van der Waals surface area contributed by atoms with Crippen molar-refractivity contribution in [2.45, 2.75) is 45.3 Å². The molecule has 6 heteroatoms. The Balaban J connectivity index is 1.71. The molecule has 1 aromatic rings. The molecule has 0 aliphatic heterocycles. The molecule has 106 valence electrons. The Morgan fingerprint density at radius 1 is 1.63 bits per heavy atom. The predicted molar refractivity (Wildman–Crippen MR) is 75.2 cm³/mol. The number of carbonyl (C=O) groups is 1. The molecule has 6 nitrogen and oxygen atoms in total. The van der Waals surface area contributed by atoms with E-state index in [9.17, 15) is 4.79 Å². The van der Waals surface area contributed by atoms with Crippen LogP contribution in [0, 0.1) is 0 Å². The van der Waals surface area contributed by atoms with E-state index in [1.165, 1.54) is 12.8 Å². The first kappa shape index (κ1) is 13.9. The van der Waals surface area contributed by atoms with Gasteiger partial charge in [0.05, 0.1) is 11.9 Å². The SMILES string of the molecule is CCn1cc(NC(=O)NC[C@H](C)N(C)C2CC2)cn1. The summed E-state index contributed by atoms with van der Waals surface area (Å²) >= 11 is 0. The summed E-state index contributed by atoms with van der Waals surface area (Å²) in [6.07, 6.45) is 6.04. The summed E-state index contributed by atoms with van der Waals surface area (Å²) in [5.74, 6) is 0. The quantitative estimate of drug-likeness (QED) is 0.819. The lowest BCUT2D eigenvalue weighted by atomic mass is 10.3. The third-order valence-corrected chi connectivity index (χ3v) is 3.59. The van der Waals surface area contributed by atoms with E-state index in [0.717, 1.165) is 12.2 Å². The van der Waals surface area contributed by atoms with Crippen molar-refractivity contribution in [3.63, 3.8) is 0 Å². The van der Waals surface area contributed by atoms with Crippen LogP contribution in [0.4, 0.5) is 10.5 Å². The molecule has 1 heterocycles. The summed E-state index contributed by atoms with van der Waals surface area (Å²) in [7, 11) is 2.12. The van der Waals surface area contributed by atoms with Crippen molar-refractivity contribution in [1.82, 2.24) is 20.0 Å². The first-order valence-electron chi connectivity index (χ1n) is 6.89. The van der Waals surface area contributed by atoms with Gasteiger partial charge in [-0.3, -0.25) is 9.58 Å². The molecule has 1 saturated carbocycles. The second-order valence-electron chi connectivity index (χ2n) is 5.17. The molecule has 0 saturated heterocycles. The number of hydrogen-bond donors (Lipinski definition) is 2. The first-order chi connectivity index (χ1) is 9.10. The summed E-state index contributed by atoms with van der Waals surface area (Å²) in [4.78, 5) is 14.1. The predicted octanol–water partition coefficient (Wildman–Crippen LogP) is 1.51. The van der Waals surface area contributed by atoms with Crippen LogP contribution >= 0.6 is 0 Å². The number of hydrogen-bond acceptors (Lipinski definition) is 3. The standard InChI is InChI=1S/C13H23N5O/c1-4-18-9-11(8-15-18)16-13(19)14-7-10(2)17(3)12-5-6-12/h8-10,12H,4-7H2,1-3H3,(H2,14,16,19)/t10-/m0/s1. The van der Waals surface area contributed by atoms with Gasteiger partial charge in [0.2, 0.25) is 0 Å². The second-order valence-corrected chi connectivity index (χ2v) is 5.17. The Morgan fingerprint density at radius 2 is 2.37 bits per heavy atom. The number of nitrogens with zero attached hydrogens (tertiary/aromatic N) is 3. The molecule has 0 aromatic carbocycles. The van der Waals surface area contributed by atoms with Crippen molar-refractivity contribution >= 4 is 11.7 Å². The minimum atomic E-state index is -0.174. The molecule has 0 radical (unpaired) electrons. The maximum Gasteiger partial charge on any atom is 0.319 e. The molecule has 0 bridgehead atoms. The number of carbonyl (C=O) groups excluding carboxylic acids is 1. The highest BCUT2D eigenvalue weighted by Crippen LogP contribution is 2.26. The molecule has 1 atom stereocenters. The summed E-state index contributed by atoms with van der Waals surface area (Å²) in [6.45, 7) is 5.59. The van der Waals surface area contributed by atoms with Crippen LogP contribution in [0.25, 0.3) is 0 Å². The summed E-state index contributed by atoms with van der Waals surface area (Å²) in [6, 6.07) is 0.894.